The van der Waals surface area contributed by atoms with Crippen molar-refractivity contribution in [1.82, 2.24) is 0 Å². The Morgan fingerprint density at radius 3 is 2.25 bits per heavy atom. The van der Waals surface area contributed by atoms with E-state index in [1.807, 2.05) is 0 Å². The molecule has 0 aromatic carbocycles. The van der Waals surface area contributed by atoms with E-state index < -0.39 is 0 Å². The predicted octanol–water partition coefficient (Wildman–Crippen LogP) is 4.42. The SMILES string of the molecule is CCCC=CC(C)CCC(C)C. The van der Waals surface area contributed by atoms with Gasteiger partial charge in [-0.1, -0.05) is 52.7 Å². The molecule has 0 aliphatic carbocycles. The van der Waals surface area contributed by atoms with Gasteiger partial charge in [0.2, 0.25) is 0 Å². The first-order chi connectivity index (χ1) is 5.66. The normalized spacial score (nSPS) is 14.4. The highest BCUT2D eigenvalue weighted by Crippen LogP contribution is 2.12. The molecule has 0 aliphatic heterocycles. The molecule has 0 heteroatoms. The van der Waals surface area contributed by atoms with Crippen LogP contribution < -0.4 is 0 Å². The fourth-order valence-electron chi connectivity index (χ4n) is 1.19. The summed E-state index contributed by atoms with van der Waals surface area (Å²) in [4.78, 5) is 0. The van der Waals surface area contributed by atoms with Gasteiger partial charge >= 0.3 is 0 Å². The van der Waals surface area contributed by atoms with E-state index in [-0.39, 0.29) is 0 Å². The molecule has 72 valence electrons. The average molecular weight is 168 g/mol. The zero-order valence-electron chi connectivity index (χ0n) is 9.14. The number of hydrogen-bond acceptors (Lipinski definition) is 0. The van der Waals surface area contributed by atoms with Gasteiger partial charge in [-0.3, -0.25) is 0 Å². The summed E-state index contributed by atoms with van der Waals surface area (Å²) in [5.41, 5.74) is 0. The first-order valence-electron chi connectivity index (χ1n) is 5.33. The number of rotatable bonds is 6. The van der Waals surface area contributed by atoms with E-state index in [2.05, 4.69) is 39.8 Å². The molecule has 0 N–H and O–H groups in total. The standard InChI is InChI=1S/C12H24/c1-5-6-7-8-12(4)10-9-11(2)3/h7-8,11-12H,5-6,9-10H2,1-4H3. The first kappa shape index (κ1) is 11.7. The van der Waals surface area contributed by atoms with Gasteiger partial charge in [-0.2, -0.15) is 0 Å². The van der Waals surface area contributed by atoms with E-state index in [0.717, 1.165) is 11.8 Å². The van der Waals surface area contributed by atoms with Gasteiger partial charge in [0.15, 0.2) is 0 Å². The Kier molecular flexibility index (Phi) is 7.23. The Hall–Kier alpha value is -0.260. The maximum atomic E-state index is 2.37. The van der Waals surface area contributed by atoms with Crippen LogP contribution in [0.1, 0.15) is 53.4 Å². The van der Waals surface area contributed by atoms with Crippen molar-refractivity contribution in [3.63, 3.8) is 0 Å². The molecule has 0 aliphatic rings. The summed E-state index contributed by atoms with van der Waals surface area (Å²) < 4.78 is 0. The topological polar surface area (TPSA) is 0 Å². The molecule has 0 radical (unpaired) electrons. The third-order valence-electron chi connectivity index (χ3n) is 2.12. The third kappa shape index (κ3) is 7.84. The van der Waals surface area contributed by atoms with Crippen molar-refractivity contribution in [3.8, 4) is 0 Å². The maximum absolute atomic E-state index is 2.37. The second-order valence-electron chi connectivity index (χ2n) is 4.17. The molecule has 0 spiro atoms. The Balaban J connectivity index is 3.38. The van der Waals surface area contributed by atoms with Crippen LogP contribution in [0.4, 0.5) is 0 Å². The zero-order chi connectivity index (χ0) is 9.40. The van der Waals surface area contributed by atoms with Crippen LogP contribution in [0.3, 0.4) is 0 Å². The highest BCUT2D eigenvalue weighted by Gasteiger charge is 1.98. The molecule has 0 nitrogen and oxygen atoms in total. The van der Waals surface area contributed by atoms with Gasteiger partial charge in [0.25, 0.3) is 0 Å². The van der Waals surface area contributed by atoms with Crippen molar-refractivity contribution >= 4 is 0 Å². The second kappa shape index (κ2) is 7.39. The van der Waals surface area contributed by atoms with Crippen LogP contribution in [0, 0.1) is 11.8 Å². The second-order valence-corrected chi connectivity index (χ2v) is 4.17. The van der Waals surface area contributed by atoms with Crippen LogP contribution in [0.25, 0.3) is 0 Å². The van der Waals surface area contributed by atoms with Crippen LogP contribution in [0.5, 0.6) is 0 Å². The number of hydrogen-bond donors (Lipinski definition) is 0. The fourth-order valence-corrected chi connectivity index (χ4v) is 1.19. The Morgan fingerprint density at radius 2 is 1.75 bits per heavy atom. The number of unbranched alkanes of at least 4 members (excludes halogenated alkanes) is 1. The first-order valence-corrected chi connectivity index (χ1v) is 5.33. The highest BCUT2D eigenvalue weighted by molar-refractivity contribution is 4.85. The lowest BCUT2D eigenvalue weighted by atomic mass is 9.99. The molecule has 0 aromatic heterocycles. The van der Waals surface area contributed by atoms with Crippen LogP contribution in [-0.2, 0) is 0 Å². The van der Waals surface area contributed by atoms with E-state index in [4.69, 9.17) is 0 Å². The van der Waals surface area contributed by atoms with Gasteiger partial charge in [0, 0.05) is 0 Å². The molecule has 1 unspecified atom stereocenters. The van der Waals surface area contributed by atoms with E-state index >= 15 is 0 Å². The largest absolute Gasteiger partial charge is 0.0883 e. The van der Waals surface area contributed by atoms with Gasteiger partial charge in [0.05, 0.1) is 0 Å². The van der Waals surface area contributed by atoms with Crippen molar-refractivity contribution in [2.75, 3.05) is 0 Å². The van der Waals surface area contributed by atoms with Crippen LogP contribution in [-0.4, -0.2) is 0 Å². The predicted molar refractivity (Wildman–Crippen MR) is 57.3 cm³/mol. The van der Waals surface area contributed by atoms with Crippen LogP contribution >= 0.6 is 0 Å². The van der Waals surface area contributed by atoms with Crippen molar-refractivity contribution in [2.24, 2.45) is 11.8 Å². The van der Waals surface area contributed by atoms with Crippen molar-refractivity contribution in [2.45, 2.75) is 53.4 Å². The molecule has 0 aromatic rings. The monoisotopic (exact) mass is 168 g/mol. The molecule has 0 saturated heterocycles. The molecule has 0 amide bonds. The van der Waals surface area contributed by atoms with Gasteiger partial charge < -0.3 is 0 Å². The molecule has 1 atom stereocenters. The molecule has 0 heterocycles. The van der Waals surface area contributed by atoms with Gasteiger partial charge in [-0.25, -0.2) is 0 Å². The lowest BCUT2D eigenvalue weighted by Crippen LogP contribution is -1.94. The van der Waals surface area contributed by atoms with Crippen molar-refractivity contribution < 1.29 is 0 Å². The summed E-state index contributed by atoms with van der Waals surface area (Å²) in [6.45, 7) is 9.13. The molecular weight excluding hydrogens is 144 g/mol. The number of allylic oxidation sites excluding steroid dienone is 2. The van der Waals surface area contributed by atoms with E-state index in [0.29, 0.717) is 0 Å². The molecule has 0 saturated carbocycles. The van der Waals surface area contributed by atoms with E-state index in [9.17, 15) is 0 Å². The lowest BCUT2D eigenvalue weighted by Gasteiger charge is -2.07. The molecule has 0 rings (SSSR count). The molecule has 0 bridgehead atoms. The molecule has 0 fully saturated rings. The van der Waals surface area contributed by atoms with E-state index in [1.165, 1.54) is 25.7 Å². The minimum absolute atomic E-state index is 0.777. The third-order valence-corrected chi connectivity index (χ3v) is 2.12. The molecular formula is C12H24. The molecule has 12 heavy (non-hydrogen) atoms. The average Bonchev–Trinajstić information content (AvgIpc) is 2.01. The smallest absolute Gasteiger partial charge is 0.0262 e. The lowest BCUT2D eigenvalue weighted by molar-refractivity contribution is 0.501. The minimum atomic E-state index is 0.777. The van der Waals surface area contributed by atoms with E-state index in [1.54, 1.807) is 0 Å². The Labute approximate surface area is 78.1 Å². The van der Waals surface area contributed by atoms with Crippen molar-refractivity contribution in [3.05, 3.63) is 12.2 Å². The fraction of sp³-hybridized carbons (Fsp3) is 0.833. The maximum Gasteiger partial charge on any atom is -0.0262 e. The summed E-state index contributed by atoms with van der Waals surface area (Å²) in [7, 11) is 0. The van der Waals surface area contributed by atoms with Crippen LogP contribution in [0.2, 0.25) is 0 Å². The summed E-state index contributed by atoms with van der Waals surface area (Å²) in [6.07, 6.45) is 9.91. The summed E-state index contributed by atoms with van der Waals surface area (Å²) in [6, 6.07) is 0. The zero-order valence-corrected chi connectivity index (χ0v) is 9.14. The van der Waals surface area contributed by atoms with Gasteiger partial charge in [0.1, 0.15) is 0 Å². The van der Waals surface area contributed by atoms with Gasteiger partial charge in [-0.05, 0) is 24.7 Å². The Morgan fingerprint density at radius 1 is 1.08 bits per heavy atom. The summed E-state index contributed by atoms with van der Waals surface area (Å²) in [5.74, 6) is 1.63. The minimum Gasteiger partial charge on any atom is -0.0883 e. The van der Waals surface area contributed by atoms with Crippen molar-refractivity contribution in [1.29, 1.82) is 0 Å². The highest BCUT2D eigenvalue weighted by atomic mass is 14.0. The quantitative estimate of drug-likeness (QED) is 0.515. The summed E-state index contributed by atoms with van der Waals surface area (Å²) >= 11 is 0. The van der Waals surface area contributed by atoms with Gasteiger partial charge in [-0.15, -0.1) is 0 Å². The Bertz CT molecular complexity index is 111. The van der Waals surface area contributed by atoms with Crippen LogP contribution in [0.15, 0.2) is 12.2 Å². The summed E-state index contributed by atoms with van der Waals surface area (Å²) in [5, 5.41) is 0.